The van der Waals surface area contributed by atoms with E-state index < -0.39 is 5.97 Å². The van der Waals surface area contributed by atoms with Gasteiger partial charge in [-0.05, 0) is 29.3 Å². The molecular weight excluding hydrogens is 442 g/mol. The highest BCUT2D eigenvalue weighted by Gasteiger charge is 2.26. The molecule has 1 aliphatic rings. The van der Waals surface area contributed by atoms with Crippen LogP contribution in [0, 0.1) is 11.6 Å². The van der Waals surface area contributed by atoms with Gasteiger partial charge in [0, 0.05) is 50.8 Å². The van der Waals surface area contributed by atoms with E-state index in [1.54, 1.807) is 34.9 Å². The molecule has 0 spiro atoms. The molecule has 0 bridgehead atoms. The zero-order chi connectivity index (χ0) is 24.1. The summed E-state index contributed by atoms with van der Waals surface area (Å²) in [7, 11) is 1.28. The van der Waals surface area contributed by atoms with Crippen LogP contribution in [0.15, 0.2) is 59.4 Å². The van der Waals surface area contributed by atoms with E-state index in [4.69, 9.17) is 9.47 Å². The molecule has 2 heterocycles. The molecule has 0 saturated carbocycles. The van der Waals surface area contributed by atoms with Crippen molar-refractivity contribution in [2.75, 3.05) is 26.8 Å². The van der Waals surface area contributed by atoms with E-state index in [1.807, 2.05) is 0 Å². The number of nitrogens with zero attached hydrogens (tertiary/aromatic N) is 2. The summed E-state index contributed by atoms with van der Waals surface area (Å²) in [6, 6.07) is 14.0. The van der Waals surface area contributed by atoms with Crippen LogP contribution < -0.4 is 10.3 Å². The molecule has 0 aliphatic carbocycles. The molecule has 0 fully saturated rings. The summed E-state index contributed by atoms with van der Waals surface area (Å²) in [5, 5.41) is 0. The van der Waals surface area contributed by atoms with E-state index in [9.17, 15) is 18.4 Å². The van der Waals surface area contributed by atoms with Crippen LogP contribution in [0.3, 0.4) is 0 Å². The summed E-state index contributed by atoms with van der Waals surface area (Å²) in [5.41, 5.74) is 1.96. The van der Waals surface area contributed by atoms with E-state index >= 15 is 0 Å². The van der Waals surface area contributed by atoms with Crippen molar-refractivity contribution in [1.82, 2.24) is 9.47 Å². The molecule has 0 atom stereocenters. The summed E-state index contributed by atoms with van der Waals surface area (Å²) in [4.78, 5) is 27.7. The van der Waals surface area contributed by atoms with Crippen LogP contribution in [0.2, 0.25) is 0 Å². The Kier molecular flexibility index (Phi) is 7.37. The van der Waals surface area contributed by atoms with Gasteiger partial charge in [-0.1, -0.05) is 30.3 Å². The zero-order valence-electron chi connectivity index (χ0n) is 18.9. The minimum Gasteiger partial charge on any atom is -0.492 e. The lowest BCUT2D eigenvalue weighted by Gasteiger charge is -2.19. The Hall–Kier alpha value is -3.52. The normalized spacial score (nSPS) is 13.7. The number of halogens is 2. The van der Waals surface area contributed by atoms with Crippen molar-refractivity contribution in [2.45, 2.75) is 25.9 Å². The van der Waals surface area contributed by atoms with Gasteiger partial charge in [0.25, 0.3) is 5.56 Å². The van der Waals surface area contributed by atoms with E-state index in [2.05, 4.69) is 4.90 Å². The molecule has 1 aromatic heterocycles. The van der Waals surface area contributed by atoms with E-state index in [0.717, 1.165) is 5.56 Å². The lowest BCUT2D eigenvalue weighted by atomic mass is 10.1. The average molecular weight is 469 g/mol. The number of fused-ring (bicyclic) bond motifs is 1. The van der Waals surface area contributed by atoms with Crippen molar-refractivity contribution in [3.05, 3.63) is 99.0 Å². The van der Waals surface area contributed by atoms with Gasteiger partial charge in [-0.2, -0.15) is 0 Å². The van der Waals surface area contributed by atoms with Crippen molar-refractivity contribution in [1.29, 1.82) is 0 Å². The first-order valence-corrected chi connectivity index (χ1v) is 11.1. The minimum absolute atomic E-state index is 0.102. The number of esters is 1. The fourth-order valence-corrected chi connectivity index (χ4v) is 4.21. The highest BCUT2D eigenvalue weighted by Crippen LogP contribution is 2.25. The molecule has 8 heteroatoms. The highest BCUT2D eigenvalue weighted by molar-refractivity contribution is 5.93. The smallest absolute Gasteiger partial charge is 0.343 e. The molecule has 6 nitrogen and oxygen atoms in total. The van der Waals surface area contributed by atoms with Crippen molar-refractivity contribution >= 4 is 5.97 Å². The molecule has 0 saturated heterocycles. The Bertz CT molecular complexity index is 1220. The third-order valence-corrected chi connectivity index (χ3v) is 5.98. The van der Waals surface area contributed by atoms with Gasteiger partial charge in [0.15, 0.2) is 0 Å². The van der Waals surface area contributed by atoms with Gasteiger partial charge in [-0.25, -0.2) is 13.6 Å². The summed E-state index contributed by atoms with van der Waals surface area (Å²) < 4.78 is 39.5. The van der Waals surface area contributed by atoms with Gasteiger partial charge in [0.1, 0.15) is 22.9 Å². The summed E-state index contributed by atoms with van der Waals surface area (Å²) in [6.07, 6.45) is 0.725. The van der Waals surface area contributed by atoms with Crippen LogP contribution in [0.1, 0.15) is 27.2 Å². The molecule has 1 aliphatic heterocycles. The molecule has 178 valence electrons. The standard InChI is InChI=1S/C26H26F2N2O4/c1-33-26(32)25-22-10-12-29(17-18-6-8-20(27)9-7-18)13-14-30(22)24(31)16-23(25)34-15-11-19-4-2-3-5-21(19)28/h2-9,16H,10-15,17H2,1H3. The number of methoxy groups -OCH3 is 1. The zero-order valence-corrected chi connectivity index (χ0v) is 18.9. The van der Waals surface area contributed by atoms with Crippen LogP contribution in [0.4, 0.5) is 8.78 Å². The van der Waals surface area contributed by atoms with Crippen molar-refractivity contribution in [3.63, 3.8) is 0 Å². The first-order chi connectivity index (χ1) is 16.5. The molecule has 0 N–H and O–H groups in total. The number of carbonyl (C=O) groups excluding carboxylic acids is 1. The number of pyridine rings is 1. The molecule has 3 aromatic rings. The van der Waals surface area contributed by atoms with Crippen molar-refractivity contribution < 1.29 is 23.0 Å². The van der Waals surface area contributed by atoms with Gasteiger partial charge in [0.05, 0.1) is 13.7 Å². The molecule has 4 rings (SSSR count). The molecule has 34 heavy (non-hydrogen) atoms. The van der Waals surface area contributed by atoms with Gasteiger partial charge in [-0.15, -0.1) is 0 Å². The Balaban J connectivity index is 1.55. The van der Waals surface area contributed by atoms with Crippen LogP contribution in [-0.2, 0) is 30.7 Å². The predicted molar refractivity (Wildman–Crippen MR) is 123 cm³/mol. The Labute approximate surface area is 196 Å². The lowest BCUT2D eigenvalue weighted by molar-refractivity contribution is 0.0593. The van der Waals surface area contributed by atoms with Crippen LogP contribution in [-0.4, -0.2) is 42.2 Å². The quantitative estimate of drug-likeness (QED) is 0.496. The third kappa shape index (κ3) is 5.34. The number of carbonyl (C=O) groups is 1. The van der Waals surface area contributed by atoms with Gasteiger partial charge in [-0.3, -0.25) is 9.69 Å². The molecule has 0 amide bonds. The predicted octanol–water partition coefficient (Wildman–Crippen LogP) is 3.59. The maximum absolute atomic E-state index is 13.9. The van der Waals surface area contributed by atoms with E-state index in [0.29, 0.717) is 43.9 Å². The van der Waals surface area contributed by atoms with Crippen LogP contribution >= 0.6 is 0 Å². The number of benzene rings is 2. The Morgan fingerprint density at radius 1 is 1.03 bits per heavy atom. The maximum Gasteiger partial charge on any atom is 0.343 e. The SMILES string of the molecule is COC(=O)c1c(OCCc2ccccc2F)cc(=O)n2c1CCN(Cc1ccc(F)cc1)CC2. The number of hydrogen-bond acceptors (Lipinski definition) is 5. The summed E-state index contributed by atoms with van der Waals surface area (Å²) >= 11 is 0. The second-order valence-electron chi connectivity index (χ2n) is 8.15. The Morgan fingerprint density at radius 3 is 2.53 bits per heavy atom. The summed E-state index contributed by atoms with van der Waals surface area (Å²) in [6.45, 7) is 2.29. The minimum atomic E-state index is -0.586. The maximum atomic E-state index is 13.9. The second kappa shape index (κ2) is 10.6. The first kappa shape index (κ1) is 23.6. The van der Waals surface area contributed by atoms with Crippen LogP contribution in [0.5, 0.6) is 5.75 Å². The lowest BCUT2D eigenvalue weighted by Crippen LogP contribution is -2.29. The third-order valence-electron chi connectivity index (χ3n) is 5.98. The van der Waals surface area contributed by atoms with E-state index in [-0.39, 0.29) is 41.5 Å². The number of hydrogen-bond donors (Lipinski definition) is 0. The molecular formula is C26H26F2N2O4. The van der Waals surface area contributed by atoms with Gasteiger partial charge >= 0.3 is 5.97 Å². The molecule has 0 radical (unpaired) electrons. The number of rotatable bonds is 7. The van der Waals surface area contributed by atoms with Crippen molar-refractivity contribution in [3.8, 4) is 5.75 Å². The van der Waals surface area contributed by atoms with Crippen molar-refractivity contribution in [2.24, 2.45) is 0 Å². The molecule has 0 unspecified atom stereocenters. The topological polar surface area (TPSA) is 60.8 Å². The monoisotopic (exact) mass is 468 g/mol. The number of aromatic nitrogens is 1. The Morgan fingerprint density at radius 2 is 1.79 bits per heavy atom. The van der Waals surface area contributed by atoms with Gasteiger partial charge < -0.3 is 14.0 Å². The number of ether oxygens (including phenoxy) is 2. The fourth-order valence-electron chi connectivity index (χ4n) is 4.21. The van der Waals surface area contributed by atoms with Gasteiger partial charge in [0.2, 0.25) is 0 Å². The molecule has 2 aromatic carbocycles. The highest BCUT2D eigenvalue weighted by atomic mass is 19.1. The summed E-state index contributed by atoms with van der Waals surface area (Å²) in [5.74, 6) is -1.06. The van der Waals surface area contributed by atoms with E-state index in [1.165, 1.54) is 31.4 Å². The first-order valence-electron chi connectivity index (χ1n) is 11.1. The largest absolute Gasteiger partial charge is 0.492 e. The average Bonchev–Trinajstić information content (AvgIpc) is 3.04. The fraction of sp³-hybridized carbons (Fsp3) is 0.308. The second-order valence-corrected chi connectivity index (χ2v) is 8.15. The van der Waals surface area contributed by atoms with Crippen LogP contribution in [0.25, 0.3) is 0 Å².